The van der Waals surface area contributed by atoms with E-state index in [2.05, 4.69) is 20.9 Å². The normalized spacial score (nSPS) is 14.7. The third-order valence-electron chi connectivity index (χ3n) is 5.99. The summed E-state index contributed by atoms with van der Waals surface area (Å²) in [4.78, 5) is 13.6. The van der Waals surface area contributed by atoms with Gasteiger partial charge in [0.05, 0.1) is 19.8 Å². The van der Waals surface area contributed by atoms with E-state index in [9.17, 15) is 4.79 Å². The molecule has 1 aliphatic rings. The molecule has 0 saturated carbocycles. The number of nitrogens with one attached hydrogen (secondary N) is 2. The Bertz CT molecular complexity index is 1380. The first-order chi connectivity index (χ1) is 17.1. The maximum absolute atomic E-state index is 13.6. The number of benzene rings is 3. The number of ether oxygens (including phenoxy) is 2. The molecule has 0 saturated heterocycles. The van der Waals surface area contributed by atoms with Gasteiger partial charge < -0.3 is 20.1 Å². The minimum Gasteiger partial charge on any atom is -0.497 e. The van der Waals surface area contributed by atoms with Crippen molar-refractivity contribution in [3.8, 4) is 22.8 Å². The highest BCUT2D eigenvalue weighted by atomic mass is 16.5. The molecule has 8 nitrogen and oxygen atoms in total. The molecule has 1 unspecified atom stereocenters. The van der Waals surface area contributed by atoms with Crippen LogP contribution in [0.15, 0.2) is 90.1 Å². The molecule has 4 aromatic rings. The number of aromatic nitrogens is 3. The lowest BCUT2D eigenvalue weighted by atomic mass is 9.94. The molecule has 1 amide bonds. The molecule has 5 rings (SSSR count). The van der Waals surface area contributed by atoms with Crippen LogP contribution in [-0.2, 0) is 4.79 Å². The molecule has 0 aliphatic carbocycles. The summed E-state index contributed by atoms with van der Waals surface area (Å²) in [6, 6.07) is 24.2. The van der Waals surface area contributed by atoms with Crippen LogP contribution < -0.4 is 20.1 Å². The minimum atomic E-state index is -0.486. The van der Waals surface area contributed by atoms with Crippen molar-refractivity contribution < 1.29 is 14.3 Å². The fraction of sp³-hybridized carbons (Fsp3) is 0.148. The molecule has 0 bridgehead atoms. The van der Waals surface area contributed by atoms with Gasteiger partial charge in [-0.25, -0.2) is 4.68 Å². The summed E-state index contributed by atoms with van der Waals surface area (Å²) < 4.78 is 12.3. The Morgan fingerprint density at radius 2 is 1.54 bits per heavy atom. The zero-order valence-corrected chi connectivity index (χ0v) is 19.6. The SMILES string of the molecule is COc1ccc(NC(=O)C2=C(C)Nc3c(-c4ccccc4)nnn3C2c2ccc(OC)cc2)cc1. The number of fused-ring (bicyclic) bond motifs is 1. The number of hydrogen-bond acceptors (Lipinski definition) is 6. The van der Waals surface area contributed by atoms with Gasteiger partial charge in [0.1, 0.15) is 23.2 Å². The van der Waals surface area contributed by atoms with Gasteiger partial charge in [-0.3, -0.25) is 4.79 Å². The number of carbonyl (C=O) groups is 1. The molecule has 0 radical (unpaired) electrons. The highest BCUT2D eigenvalue weighted by molar-refractivity contribution is 6.06. The highest BCUT2D eigenvalue weighted by Gasteiger charge is 2.35. The lowest BCUT2D eigenvalue weighted by Crippen LogP contribution is -2.31. The standard InChI is InChI=1S/C27H25N5O3/c1-17-23(27(33)29-20-11-15-22(35-3)16-12-20)25(19-9-13-21(34-2)14-10-19)32-26(28-17)24(30-31-32)18-7-5-4-6-8-18/h4-16,25,28H,1-3H3,(H,29,33). The lowest BCUT2D eigenvalue weighted by Gasteiger charge is -2.29. The Hall–Kier alpha value is -4.59. The number of allylic oxidation sites excluding steroid dienone is 1. The molecule has 0 fully saturated rings. The van der Waals surface area contributed by atoms with Gasteiger partial charge in [-0.1, -0.05) is 47.7 Å². The van der Waals surface area contributed by atoms with Gasteiger partial charge in [0.15, 0.2) is 5.82 Å². The van der Waals surface area contributed by atoms with E-state index in [1.54, 1.807) is 43.2 Å². The van der Waals surface area contributed by atoms with Crippen LogP contribution in [0, 0.1) is 0 Å². The Balaban J connectivity index is 1.58. The molecular formula is C27H25N5O3. The largest absolute Gasteiger partial charge is 0.497 e. The van der Waals surface area contributed by atoms with Crippen molar-refractivity contribution in [3.63, 3.8) is 0 Å². The Morgan fingerprint density at radius 3 is 2.17 bits per heavy atom. The van der Waals surface area contributed by atoms with Crippen LogP contribution in [0.4, 0.5) is 11.5 Å². The Morgan fingerprint density at radius 1 is 0.914 bits per heavy atom. The molecule has 176 valence electrons. The fourth-order valence-corrected chi connectivity index (χ4v) is 4.21. The van der Waals surface area contributed by atoms with Crippen molar-refractivity contribution >= 4 is 17.4 Å². The van der Waals surface area contributed by atoms with Crippen LogP contribution in [0.5, 0.6) is 11.5 Å². The predicted molar refractivity (Wildman–Crippen MR) is 135 cm³/mol. The summed E-state index contributed by atoms with van der Waals surface area (Å²) in [5, 5.41) is 15.3. The first kappa shape index (κ1) is 22.2. The summed E-state index contributed by atoms with van der Waals surface area (Å²) >= 11 is 0. The first-order valence-corrected chi connectivity index (χ1v) is 11.2. The van der Waals surface area contributed by atoms with Gasteiger partial charge in [0, 0.05) is 16.9 Å². The van der Waals surface area contributed by atoms with Gasteiger partial charge in [-0.05, 0) is 48.9 Å². The van der Waals surface area contributed by atoms with E-state index >= 15 is 0 Å². The molecule has 35 heavy (non-hydrogen) atoms. The monoisotopic (exact) mass is 467 g/mol. The van der Waals surface area contributed by atoms with Crippen molar-refractivity contribution in [3.05, 3.63) is 95.7 Å². The molecule has 8 heteroatoms. The van der Waals surface area contributed by atoms with Crippen molar-refractivity contribution in [1.82, 2.24) is 15.0 Å². The number of hydrogen-bond donors (Lipinski definition) is 2. The number of anilines is 2. The zero-order chi connectivity index (χ0) is 24.4. The molecular weight excluding hydrogens is 442 g/mol. The minimum absolute atomic E-state index is 0.233. The van der Waals surface area contributed by atoms with E-state index in [1.165, 1.54) is 0 Å². The molecule has 3 aromatic carbocycles. The third kappa shape index (κ3) is 4.21. The molecule has 0 spiro atoms. The van der Waals surface area contributed by atoms with Gasteiger partial charge >= 0.3 is 0 Å². The fourth-order valence-electron chi connectivity index (χ4n) is 4.21. The summed E-state index contributed by atoms with van der Waals surface area (Å²) in [7, 11) is 3.23. The molecule has 1 aliphatic heterocycles. The Kier molecular flexibility index (Phi) is 5.93. The Labute approximate surface area is 203 Å². The number of methoxy groups -OCH3 is 2. The van der Waals surface area contributed by atoms with Crippen molar-refractivity contribution in [2.24, 2.45) is 0 Å². The average molecular weight is 468 g/mol. The number of rotatable bonds is 6. The predicted octanol–water partition coefficient (Wildman–Crippen LogP) is 4.89. The molecule has 1 aromatic heterocycles. The van der Waals surface area contributed by atoms with E-state index < -0.39 is 6.04 Å². The van der Waals surface area contributed by atoms with Gasteiger partial charge in [-0.2, -0.15) is 0 Å². The van der Waals surface area contributed by atoms with Gasteiger partial charge in [0.25, 0.3) is 5.91 Å². The quantitative estimate of drug-likeness (QED) is 0.420. The van der Waals surface area contributed by atoms with Crippen molar-refractivity contribution in [1.29, 1.82) is 0 Å². The van der Waals surface area contributed by atoms with E-state index in [1.807, 2.05) is 61.5 Å². The number of nitrogens with zero attached hydrogens (tertiary/aromatic N) is 3. The number of carbonyl (C=O) groups excluding carboxylic acids is 1. The van der Waals surface area contributed by atoms with Gasteiger partial charge in [0.2, 0.25) is 0 Å². The molecule has 2 heterocycles. The maximum Gasteiger partial charge on any atom is 0.255 e. The van der Waals surface area contributed by atoms with Gasteiger partial charge in [-0.15, -0.1) is 5.10 Å². The lowest BCUT2D eigenvalue weighted by molar-refractivity contribution is -0.113. The van der Waals surface area contributed by atoms with E-state index in [0.717, 1.165) is 39.8 Å². The van der Waals surface area contributed by atoms with Crippen LogP contribution in [0.3, 0.4) is 0 Å². The number of amides is 1. The zero-order valence-electron chi connectivity index (χ0n) is 19.6. The van der Waals surface area contributed by atoms with Crippen LogP contribution in [-0.4, -0.2) is 35.1 Å². The molecule has 1 atom stereocenters. The summed E-state index contributed by atoms with van der Waals surface area (Å²) in [6.07, 6.45) is 0. The second kappa shape index (κ2) is 9.34. The molecule has 2 N–H and O–H groups in total. The van der Waals surface area contributed by atoms with Crippen molar-refractivity contribution in [2.45, 2.75) is 13.0 Å². The van der Waals surface area contributed by atoms with Crippen LogP contribution >= 0.6 is 0 Å². The first-order valence-electron chi connectivity index (χ1n) is 11.2. The van der Waals surface area contributed by atoms with Crippen LogP contribution in [0.2, 0.25) is 0 Å². The topological polar surface area (TPSA) is 90.3 Å². The maximum atomic E-state index is 13.6. The second-order valence-electron chi connectivity index (χ2n) is 8.12. The summed E-state index contributed by atoms with van der Waals surface area (Å²) in [6.45, 7) is 1.89. The van der Waals surface area contributed by atoms with Crippen LogP contribution in [0.1, 0.15) is 18.5 Å². The smallest absolute Gasteiger partial charge is 0.255 e. The summed E-state index contributed by atoms with van der Waals surface area (Å²) in [5.41, 5.74) is 4.48. The third-order valence-corrected chi connectivity index (χ3v) is 5.99. The second-order valence-corrected chi connectivity index (χ2v) is 8.12. The van der Waals surface area contributed by atoms with Crippen LogP contribution in [0.25, 0.3) is 11.3 Å². The summed E-state index contributed by atoms with van der Waals surface area (Å²) in [5.74, 6) is 1.95. The van der Waals surface area contributed by atoms with E-state index in [4.69, 9.17) is 9.47 Å². The van der Waals surface area contributed by atoms with Crippen molar-refractivity contribution in [2.75, 3.05) is 24.9 Å². The highest BCUT2D eigenvalue weighted by Crippen LogP contribution is 2.40. The van der Waals surface area contributed by atoms with E-state index in [0.29, 0.717) is 11.3 Å². The average Bonchev–Trinajstić information content (AvgIpc) is 3.32. The van der Waals surface area contributed by atoms with E-state index in [-0.39, 0.29) is 5.91 Å².